The third-order valence-electron chi connectivity index (χ3n) is 3.02. The van der Waals surface area contributed by atoms with E-state index >= 15 is 0 Å². The Hall–Kier alpha value is -2.56. The SMILES string of the molecule is CCc1nccn1CCOc1ccc(C=CC(=O)O)cc1. The monoisotopic (exact) mass is 286 g/mol. The number of hydrogen-bond acceptors (Lipinski definition) is 3. The minimum atomic E-state index is -0.956. The van der Waals surface area contributed by atoms with E-state index in [1.807, 2.05) is 30.5 Å². The van der Waals surface area contributed by atoms with Crippen LogP contribution in [0, 0.1) is 0 Å². The smallest absolute Gasteiger partial charge is 0.328 e. The highest BCUT2D eigenvalue weighted by Crippen LogP contribution is 2.13. The van der Waals surface area contributed by atoms with Crippen molar-refractivity contribution >= 4 is 12.0 Å². The molecule has 5 nitrogen and oxygen atoms in total. The van der Waals surface area contributed by atoms with Crippen molar-refractivity contribution < 1.29 is 14.6 Å². The van der Waals surface area contributed by atoms with Gasteiger partial charge in [0.05, 0.1) is 6.54 Å². The van der Waals surface area contributed by atoms with Gasteiger partial charge in [0.1, 0.15) is 18.2 Å². The lowest BCUT2D eigenvalue weighted by molar-refractivity contribution is -0.131. The van der Waals surface area contributed by atoms with Crippen LogP contribution < -0.4 is 4.74 Å². The quantitative estimate of drug-likeness (QED) is 0.795. The Kier molecular flexibility index (Phi) is 5.15. The van der Waals surface area contributed by atoms with Gasteiger partial charge in [-0.1, -0.05) is 19.1 Å². The molecule has 1 aromatic carbocycles. The molecule has 0 aliphatic carbocycles. The molecule has 0 aliphatic rings. The first kappa shape index (κ1) is 14.8. The summed E-state index contributed by atoms with van der Waals surface area (Å²) in [5.41, 5.74) is 0.827. The van der Waals surface area contributed by atoms with Crippen LogP contribution in [0.2, 0.25) is 0 Å². The number of carbonyl (C=O) groups is 1. The van der Waals surface area contributed by atoms with Gasteiger partial charge in [-0.25, -0.2) is 9.78 Å². The number of hydrogen-bond donors (Lipinski definition) is 1. The van der Waals surface area contributed by atoms with Gasteiger partial charge >= 0.3 is 5.97 Å². The number of nitrogens with zero attached hydrogens (tertiary/aromatic N) is 2. The third kappa shape index (κ3) is 4.49. The van der Waals surface area contributed by atoms with Crippen LogP contribution in [0.25, 0.3) is 6.08 Å². The number of imidazole rings is 1. The third-order valence-corrected chi connectivity index (χ3v) is 3.02. The van der Waals surface area contributed by atoms with E-state index in [9.17, 15) is 4.79 Å². The van der Waals surface area contributed by atoms with Crippen LogP contribution in [0.4, 0.5) is 0 Å². The van der Waals surface area contributed by atoms with E-state index in [4.69, 9.17) is 9.84 Å². The summed E-state index contributed by atoms with van der Waals surface area (Å²) in [5, 5.41) is 8.56. The highest BCUT2D eigenvalue weighted by atomic mass is 16.5. The first-order valence-electron chi connectivity index (χ1n) is 6.83. The Bertz CT molecular complexity index is 615. The van der Waals surface area contributed by atoms with Gasteiger partial charge in [-0.2, -0.15) is 0 Å². The molecule has 21 heavy (non-hydrogen) atoms. The van der Waals surface area contributed by atoms with Gasteiger partial charge in [-0.05, 0) is 23.8 Å². The molecular formula is C16H18N2O3. The standard InChI is InChI=1S/C16H18N2O3/c1-2-15-17-9-10-18(15)11-12-21-14-6-3-13(4-7-14)5-8-16(19)20/h3-10H,2,11-12H2,1H3,(H,19,20). The van der Waals surface area contributed by atoms with E-state index in [0.717, 1.165) is 36.2 Å². The number of carboxylic acids is 1. The number of aromatic nitrogens is 2. The Morgan fingerprint density at radius 1 is 1.38 bits per heavy atom. The summed E-state index contributed by atoms with van der Waals surface area (Å²) < 4.78 is 7.74. The predicted molar refractivity (Wildman–Crippen MR) is 80.2 cm³/mol. The second kappa shape index (κ2) is 7.28. The van der Waals surface area contributed by atoms with Crippen molar-refractivity contribution in [3.05, 3.63) is 54.1 Å². The molecule has 5 heteroatoms. The molecule has 0 atom stereocenters. The van der Waals surface area contributed by atoms with E-state index < -0.39 is 5.97 Å². The minimum absolute atomic E-state index is 0.563. The average molecular weight is 286 g/mol. The maximum absolute atomic E-state index is 10.4. The lowest BCUT2D eigenvalue weighted by Gasteiger charge is -2.09. The van der Waals surface area contributed by atoms with Gasteiger partial charge in [0, 0.05) is 24.9 Å². The molecule has 110 valence electrons. The lowest BCUT2D eigenvalue weighted by Crippen LogP contribution is -2.10. The topological polar surface area (TPSA) is 64.4 Å². The summed E-state index contributed by atoms with van der Waals surface area (Å²) in [7, 11) is 0. The fourth-order valence-corrected chi connectivity index (χ4v) is 1.96. The van der Waals surface area contributed by atoms with Gasteiger partial charge in [0.25, 0.3) is 0 Å². The van der Waals surface area contributed by atoms with E-state index in [2.05, 4.69) is 16.5 Å². The maximum atomic E-state index is 10.4. The van der Waals surface area contributed by atoms with Crippen molar-refractivity contribution in [2.75, 3.05) is 6.61 Å². The molecule has 1 heterocycles. The average Bonchev–Trinajstić information content (AvgIpc) is 2.94. The number of aliphatic carboxylic acids is 1. The normalized spacial score (nSPS) is 10.9. The lowest BCUT2D eigenvalue weighted by atomic mass is 10.2. The number of benzene rings is 1. The van der Waals surface area contributed by atoms with Gasteiger partial charge in [0.2, 0.25) is 0 Å². The highest BCUT2D eigenvalue weighted by molar-refractivity contribution is 5.85. The van der Waals surface area contributed by atoms with Crippen LogP contribution in [0.1, 0.15) is 18.3 Å². The molecule has 0 fully saturated rings. The largest absolute Gasteiger partial charge is 0.492 e. The fraction of sp³-hybridized carbons (Fsp3) is 0.250. The Labute approximate surface area is 123 Å². The Morgan fingerprint density at radius 3 is 2.81 bits per heavy atom. The van der Waals surface area contributed by atoms with Crippen LogP contribution in [-0.4, -0.2) is 27.2 Å². The van der Waals surface area contributed by atoms with Crippen LogP contribution in [0.15, 0.2) is 42.7 Å². The molecule has 0 spiro atoms. The molecule has 0 saturated heterocycles. The number of rotatable bonds is 7. The molecule has 1 N–H and O–H groups in total. The number of aryl methyl sites for hydroxylation is 1. The molecule has 0 saturated carbocycles. The summed E-state index contributed by atoms with van der Waals surface area (Å²) in [6.45, 7) is 3.39. The fourth-order valence-electron chi connectivity index (χ4n) is 1.96. The second-order valence-electron chi connectivity index (χ2n) is 4.48. The molecule has 0 radical (unpaired) electrons. The minimum Gasteiger partial charge on any atom is -0.492 e. The number of carboxylic acid groups (broad SMARTS) is 1. The summed E-state index contributed by atoms with van der Waals surface area (Å²) in [5.74, 6) is 0.857. The van der Waals surface area contributed by atoms with E-state index in [-0.39, 0.29) is 0 Å². The van der Waals surface area contributed by atoms with Crippen molar-refractivity contribution in [3.63, 3.8) is 0 Å². The first-order valence-corrected chi connectivity index (χ1v) is 6.83. The molecule has 0 aliphatic heterocycles. The molecule has 0 unspecified atom stereocenters. The van der Waals surface area contributed by atoms with Crippen LogP contribution in [0.3, 0.4) is 0 Å². The molecule has 2 rings (SSSR count). The van der Waals surface area contributed by atoms with Crippen molar-refractivity contribution in [1.29, 1.82) is 0 Å². The van der Waals surface area contributed by atoms with Crippen molar-refractivity contribution in [3.8, 4) is 5.75 Å². The summed E-state index contributed by atoms with van der Waals surface area (Å²) in [6.07, 6.45) is 7.30. The van der Waals surface area contributed by atoms with Crippen LogP contribution >= 0.6 is 0 Å². The van der Waals surface area contributed by atoms with E-state index in [0.29, 0.717) is 6.61 Å². The zero-order valence-electron chi connectivity index (χ0n) is 11.9. The van der Waals surface area contributed by atoms with Crippen molar-refractivity contribution in [2.24, 2.45) is 0 Å². The molecule has 1 aromatic heterocycles. The van der Waals surface area contributed by atoms with E-state index in [1.54, 1.807) is 12.3 Å². The molecule has 0 amide bonds. The van der Waals surface area contributed by atoms with Gasteiger partial charge < -0.3 is 14.4 Å². The maximum Gasteiger partial charge on any atom is 0.328 e. The number of ether oxygens (including phenoxy) is 1. The summed E-state index contributed by atoms with van der Waals surface area (Å²) in [6, 6.07) is 7.30. The summed E-state index contributed by atoms with van der Waals surface area (Å²) in [4.78, 5) is 14.7. The van der Waals surface area contributed by atoms with Crippen molar-refractivity contribution in [2.45, 2.75) is 19.9 Å². The molecule has 0 bridgehead atoms. The first-order chi connectivity index (χ1) is 10.2. The van der Waals surface area contributed by atoms with Crippen molar-refractivity contribution in [1.82, 2.24) is 9.55 Å². The van der Waals surface area contributed by atoms with Gasteiger partial charge in [0.15, 0.2) is 0 Å². The predicted octanol–water partition coefficient (Wildman–Crippen LogP) is 2.62. The van der Waals surface area contributed by atoms with Gasteiger partial charge in [-0.3, -0.25) is 0 Å². The van der Waals surface area contributed by atoms with E-state index in [1.165, 1.54) is 0 Å². The Balaban J connectivity index is 1.85. The van der Waals surface area contributed by atoms with Crippen LogP contribution in [-0.2, 0) is 17.8 Å². The highest BCUT2D eigenvalue weighted by Gasteiger charge is 2.00. The Morgan fingerprint density at radius 2 is 2.14 bits per heavy atom. The molecular weight excluding hydrogens is 268 g/mol. The van der Waals surface area contributed by atoms with Crippen LogP contribution in [0.5, 0.6) is 5.75 Å². The zero-order chi connectivity index (χ0) is 15.1. The second-order valence-corrected chi connectivity index (χ2v) is 4.48. The van der Waals surface area contributed by atoms with Gasteiger partial charge in [-0.15, -0.1) is 0 Å². The molecule has 2 aromatic rings. The zero-order valence-corrected chi connectivity index (χ0v) is 11.9. The summed E-state index contributed by atoms with van der Waals surface area (Å²) >= 11 is 0.